The molecule has 12 nitrogen and oxygen atoms in total. The number of urea groups is 1. The lowest BCUT2D eigenvalue weighted by molar-refractivity contribution is -0.137. The predicted octanol–water partition coefficient (Wildman–Crippen LogP) is 1.76. The molecule has 0 bridgehead atoms. The molecule has 2 fully saturated rings. The zero-order chi connectivity index (χ0) is 32.8. The van der Waals surface area contributed by atoms with E-state index in [0.717, 1.165) is 38.5 Å². The van der Waals surface area contributed by atoms with Crippen molar-refractivity contribution in [3.63, 3.8) is 0 Å². The summed E-state index contributed by atoms with van der Waals surface area (Å²) in [5.74, 6) is 0.599. The third kappa shape index (κ3) is 11.5. The molecule has 4 unspecified atom stereocenters. The van der Waals surface area contributed by atoms with Crippen LogP contribution in [0.4, 0.5) is 4.79 Å². The van der Waals surface area contributed by atoms with Gasteiger partial charge in [0.1, 0.15) is 11.6 Å². The van der Waals surface area contributed by atoms with Crippen molar-refractivity contribution in [2.45, 2.75) is 123 Å². The molecule has 1 aliphatic heterocycles. The molecule has 6 amide bonds. The smallest absolute Gasteiger partial charge is 0.316 e. The normalized spacial score (nSPS) is 19.7. The highest BCUT2D eigenvalue weighted by Gasteiger charge is 2.43. The molecule has 0 aromatic heterocycles. The largest absolute Gasteiger partial charge is 0.363 e. The molecule has 1 saturated heterocycles. The Morgan fingerprint density at radius 3 is 2.21 bits per heavy atom. The van der Waals surface area contributed by atoms with Gasteiger partial charge in [0.25, 0.3) is 5.91 Å². The lowest BCUT2D eigenvalue weighted by Gasteiger charge is -2.39. The maximum absolute atomic E-state index is 13.2. The standard InChI is InChI=1S/C22H36N4O3.C9H16N2O3/c1-6-14-23-19(28)22(12-8-7-9-13-22)25-20(29)24-17(21(3,4)5)18(27)26-15-10-11-16(26)2;1-3-6(2)4-7(11-5-12)8(13)9(10)14/h1,16-17H,7-15H2,2-5H3,(H,23,28)(H2,24,25,29);5-7H,3-4H2,1-2H3,(H2,10,14)(H,11,12). The molecular weight excluding hydrogens is 552 g/mol. The van der Waals surface area contributed by atoms with Gasteiger partial charge in [0.05, 0.1) is 12.6 Å². The second-order valence-electron chi connectivity index (χ2n) is 12.8. The molecule has 2 rings (SSSR count). The van der Waals surface area contributed by atoms with Crippen LogP contribution in [0, 0.1) is 23.7 Å². The van der Waals surface area contributed by atoms with E-state index in [-0.39, 0.29) is 30.3 Å². The second kappa shape index (κ2) is 17.5. The van der Waals surface area contributed by atoms with E-state index in [2.05, 4.69) is 27.2 Å². The van der Waals surface area contributed by atoms with E-state index in [1.54, 1.807) is 0 Å². The van der Waals surface area contributed by atoms with Crippen LogP contribution in [-0.4, -0.2) is 77.6 Å². The predicted molar refractivity (Wildman–Crippen MR) is 164 cm³/mol. The Morgan fingerprint density at radius 1 is 1.12 bits per heavy atom. The summed E-state index contributed by atoms with van der Waals surface area (Å²) in [5.41, 5.74) is 3.40. The van der Waals surface area contributed by atoms with E-state index < -0.39 is 40.8 Å². The first-order chi connectivity index (χ1) is 20.1. The maximum Gasteiger partial charge on any atom is 0.316 e. The van der Waals surface area contributed by atoms with Crippen molar-refractivity contribution in [1.82, 2.24) is 26.2 Å². The van der Waals surface area contributed by atoms with Crippen LogP contribution in [0.2, 0.25) is 0 Å². The van der Waals surface area contributed by atoms with E-state index in [1.165, 1.54) is 0 Å². The number of hydrogen-bond donors (Lipinski definition) is 5. The highest BCUT2D eigenvalue weighted by atomic mass is 16.2. The summed E-state index contributed by atoms with van der Waals surface area (Å²) < 4.78 is 0. The highest BCUT2D eigenvalue weighted by Crippen LogP contribution is 2.29. The van der Waals surface area contributed by atoms with Gasteiger partial charge < -0.3 is 31.9 Å². The van der Waals surface area contributed by atoms with Crippen LogP contribution in [0.25, 0.3) is 0 Å². The van der Waals surface area contributed by atoms with Crippen LogP contribution in [0.1, 0.15) is 99.3 Å². The second-order valence-corrected chi connectivity index (χ2v) is 12.8. The molecule has 0 aromatic carbocycles. The van der Waals surface area contributed by atoms with Crippen LogP contribution >= 0.6 is 0 Å². The first-order valence-electron chi connectivity index (χ1n) is 15.3. The van der Waals surface area contributed by atoms with Gasteiger partial charge >= 0.3 is 6.03 Å². The minimum Gasteiger partial charge on any atom is -0.363 e. The highest BCUT2D eigenvalue weighted by molar-refractivity contribution is 6.37. The fraction of sp³-hybridized carbons (Fsp3) is 0.742. The molecule has 2 aliphatic rings. The Labute approximate surface area is 256 Å². The minimum atomic E-state index is -1.01. The van der Waals surface area contributed by atoms with Crippen LogP contribution in [0.5, 0.6) is 0 Å². The zero-order valence-electron chi connectivity index (χ0n) is 26.7. The van der Waals surface area contributed by atoms with Crippen molar-refractivity contribution >= 4 is 35.9 Å². The van der Waals surface area contributed by atoms with Crippen LogP contribution in [0.15, 0.2) is 0 Å². The molecule has 4 atom stereocenters. The van der Waals surface area contributed by atoms with Gasteiger partial charge in [0.2, 0.25) is 24.0 Å². The van der Waals surface area contributed by atoms with Gasteiger partial charge in [-0.15, -0.1) is 6.42 Å². The number of nitrogens with two attached hydrogens (primary N) is 1. The van der Waals surface area contributed by atoms with Crippen LogP contribution in [-0.2, 0) is 24.0 Å². The average molecular weight is 605 g/mol. The zero-order valence-corrected chi connectivity index (χ0v) is 26.7. The summed E-state index contributed by atoms with van der Waals surface area (Å²) in [7, 11) is 0. The van der Waals surface area contributed by atoms with Crippen molar-refractivity contribution in [1.29, 1.82) is 0 Å². The summed E-state index contributed by atoms with van der Waals surface area (Å²) in [4.78, 5) is 72.7. The number of terminal acetylenes is 1. The molecule has 0 radical (unpaired) electrons. The molecular formula is C31H52N6O6. The van der Waals surface area contributed by atoms with Crippen molar-refractivity contribution in [3.05, 3.63) is 0 Å². The Balaban J connectivity index is 0.000000557. The number of nitrogens with one attached hydrogen (secondary N) is 4. The fourth-order valence-electron chi connectivity index (χ4n) is 5.40. The lowest BCUT2D eigenvalue weighted by Crippen LogP contribution is -2.64. The van der Waals surface area contributed by atoms with Crippen LogP contribution < -0.4 is 27.0 Å². The molecule has 1 aliphatic carbocycles. The number of amides is 6. The summed E-state index contributed by atoms with van der Waals surface area (Å²) >= 11 is 0. The van der Waals surface area contributed by atoms with E-state index in [0.29, 0.717) is 32.2 Å². The van der Waals surface area contributed by atoms with E-state index in [9.17, 15) is 28.8 Å². The number of ketones is 1. The Hall–Kier alpha value is -3.62. The van der Waals surface area contributed by atoms with Gasteiger partial charge in [-0.25, -0.2) is 4.79 Å². The van der Waals surface area contributed by atoms with Gasteiger partial charge in [0.15, 0.2) is 0 Å². The number of hydrogen-bond acceptors (Lipinski definition) is 6. The topological polar surface area (TPSA) is 180 Å². The number of rotatable bonds is 12. The molecule has 0 spiro atoms. The summed E-state index contributed by atoms with van der Waals surface area (Å²) in [6.07, 6.45) is 12.8. The maximum atomic E-state index is 13.2. The van der Waals surface area contributed by atoms with Gasteiger partial charge in [-0.05, 0) is 50.4 Å². The van der Waals surface area contributed by atoms with Gasteiger partial charge in [-0.3, -0.25) is 24.0 Å². The SMILES string of the molecule is C#CCNC(=O)C1(NC(=O)NC(C(=O)N2CCCC2C)C(C)(C)C)CCCCC1.CCC(C)CC(NC=O)C(=O)C(N)=O. The molecule has 12 heteroatoms. The third-order valence-electron chi connectivity index (χ3n) is 8.23. The van der Waals surface area contributed by atoms with Crippen molar-refractivity contribution in [2.75, 3.05) is 13.1 Å². The number of primary amides is 1. The summed E-state index contributed by atoms with van der Waals surface area (Å²) in [6, 6.07) is -1.75. The minimum absolute atomic E-state index is 0.0628. The lowest BCUT2D eigenvalue weighted by atomic mass is 9.80. The van der Waals surface area contributed by atoms with Crippen molar-refractivity contribution in [2.24, 2.45) is 17.1 Å². The Morgan fingerprint density at radius 2 is 1.74 bits per heavy atom. The fourth-order valence-corrected chi connectivity index (χ4v) is 5.40. The molecule has 6 N–H and O–H groups in total. The summed E-state index contributed by atoms with van der Waals surface area (Å²) in [5, 5.41) is 10.8. The van der Waals surface area contributed by atoms with Gasteiger partial charge in [0, 0.05) is 12.6 Å². The third-order valence-corrected chi connectivity index (χ3v) is 8.23. The summed E-state index contributed by atoms with van der Waals surface area (Å²) in [6.45, 7) is 12.6. The first kappa shape index (κ1) is 37.4. The number of likely N-dealkylation sites (tertiary alicyclic amines) is 1. The van der Waals surface area contributed by atoms with Crippen molar-refractivity contribution in [3.8, 4) is 12.3 Å². The van der Waals surface area contributed by atoms with E-state index in [4.69, 9.17) is 12.2 Å². The average Bonchev–Trinajstić information content (AvgIpc) is 3.39. The number of carbonyl (C=O) groups is 6. The van der Waals surface area contributed by atoms with E-state index in [1.807, 2.05) is 46.4 Å². The monoisotopic (exact) mass is 604 g/mol. The molecule has 242 valence electrons. The number of nitrogens with zero attached hydrogens (tertiary/aromatic N) is 1. The van der Waals surface area contributed by atoms with E-state index >= 15 is 0 Å². The van der Waals surface area contributed by atoms with Crippen molar-refractivity contribution < 1.29 is 28.8 Å². The number of Topliss-reactive ketones (excluding diaryl/α,β-unsaturated/α-hetero) is 1. The first-order valence-corrected chi connectivity index (χ1v) is 15.3. The van der Waals surface area contributed by atoms with Gasteiger partial charge in [-0.2, -0.15) is 0 Å². The van der Waals surface area contributed by atoms with Gasteiger partial charge in [-0.1, -0.05) is 66.2 Å². The Kier molecular flexibility index (Phi) is 15.2. The Bertz CT molecular complexity index is 1030. The molecule has 0 aromatic rings. The molecule has 1 heterocycles. The quantitative estimate of drug-likeness (QED) is 0.129. The van der Waals surface area contributed by atoms with Crippen LogP contribution in [0.3, 0.4) is 0 Å². The molecule has 1 saturated carbocycles. The molecule has 43 heavy (non-hydrogen) atoms. The number of carbonyl (C=O) groups excluding carboxylic acids is 6.